The molecule has 0 fully saturated rings. The lowest BCUT2D eigenvalue weighted by atomic mass is 10.1. The number of hydrogen-bond donors (Lipinski definition) is 1. The van der Waals surface area contributed by atoms with Crippen molar-refractivity contribution in [3.05, 3.63) is 38.3 Å². The first kappa shape index (κ1) is 13.8. The molecule has 3 nitrogen and oxygen atoms in total. The summed E-state index contributed by atoms with van der Waals surface area (Å²) in [7, 11) is 0. The van der Waals surface area contributed by atoms with E-state index in [-0.39, 0.29) is 12.1 Å². The van der Waals surface area contributed by atoms with Gasteiger partial charge in [-0.2, -0.15) is 5.10 Å². The van der Waals surface area contributed by atoms with Crippen LogP contribution in [0.1, 0.15) is 35.7 Å². The summed E-state index contributed by atoms with van der Waals surface area (Å²) in [5.74, 6) is 0. The summed E-state index contributed by atoms with van der Waals surface area (Å²) >= 11 is 5.24. The molecule has 98 valence electrons. The van der Waals surface area contributed by atoms with Crippen LogP contribution in [-0.4, -0.2) is 15.8 Å². The summed E-state index contributed by atoms with van der Waals surface area (Å²) in [6.07, 6.45) is 0.929. The molecule has 0 amide bonds. The van der Waals surface area contributed by atoms with Crippen molar-refractivity contribution in [3.8, 4) is 0 Å². The SMILES string of the molecule is CCC(N)C(c1ccc(Br)s1)n1nc(C)cc1C. The fourth-order valence-electron chi connectivity index (χ4n) is 2.15. The Morgan fingerprint density at radius 3 is 2.61 bits per heavy atom. The zero-order valence-corrected chi connectivity index (χ0v) is 13.3. The monoisotopic (exact) mass is 327 g/mol. The normalized spacial score (nSPS) is 14.7. The van der Waals surface area contributed by atoms with Gasteiger partial charge in [0, 0.05) is 16.6 Å². The maximum atomic E-state index is 6.30. The highest BCUT2D eigenvalue weighted by Gasteiger charge is 2.24. The Kier molecular flexibility index (Phi) is 4.25. The molecular weight excluding hydrogens is 310 g/mol. The summed E-state index contributed by atoms with van der Waals surface area (Å²) in [5.41, 5.74) is 8.50. The van der Waals surface area contributed by atoms with Gasteiger partial charge in [0.2, 0.25) is 0 Å². The van der Waals surface area contributed by atoms with E-state index in [0.717, 1.165) is 21.6 Å². The van der Waals surface area contributed by atoms with Gasteiger partial charge in [-0.1, -0.05) is 6.92 Å². The third-order valence-electron chi connectivity index (χ3n) is 3.07. The number of nitrogens with two attached hydrogens (primary N) is 1. The maximum absolute atomic E-state index is 6.30. The van der Waals surface area contributed by atoms with Crippen LogP contribution >= 0.6 is 27.3 Å². The van der Waals surface area contributed by atoms with E-state index in [1.165, 1.54) is 4.88 Å². The van der Waals surface area contributed by atoms with E-state index in [4.69, 9.17) is 5.73 Å². The Labute approximate surface area is 120 Å². The topological polar surface area (TPSA) is 43.8 Å². The molecule has 18 heavy (non-hydrogen) atoms. The molecule has 2 aromatic heterocycles. The van der Waals surface area contributed by atoms with Crippen LogP contribution in [0.5, 0.6) is 0 Å². The van der Waals surface area contributed by atoms with Gasteiger partial charge in [0.05, 0.1) is 9.48 Å². The first-order valence-corrected chi connectivity index (χ1v) is 7.67. The average Bonchev–Trinajstić information content (AvgIpc) is 2.86. The largest absolute Gasteiger partial charge is 0.326 e. The second-order valence-corrected chi connectivity index (χ2v) is 7.03. The van der Waals surface area contributed by atoms with Crippen molar-refractivity contribution >= 4 is 27.3 Å². The molecule has 2 heterocycles. The molecule has 0 saturated carbocycles. The number of aryl methyl sites for hydroxylation is 2. The minimum absolute atomic E-state index is 0.0774. The van der Waals surface area contributed by atoms with Crippen LogP contribution < -0.4 is 5.73 Å². The van der Waals surface area contributed by atoms with Crippen molar-refractivity contribution in [3.63, 3.8) is 0 Å². The zero-order chi connectivity index (χ0) is 13.3. The van der Waals surface area contributed by atoms with E-state index < -0.39 is 0 Å². The van der Waals surface area contributed by atoms with Crippen molar-refractivity contribution in [2.24, 2.45) is 5.73 Å². The van der Waals surface area contributed by atoms with E-state index in [0.29, 0.717) is 0 Å². The number of aromatic nitrogens is 2. The Balaban J connectivity index is 2.46. The Bertz CT molecular complexity index is 532. The molecule has 2 rings (SSSR count). The quantitative estimate of drug-likeness (QED) is 0.931. The molecule has 0 aliphatic rings. The smallest absolute Gasteiger partial charge is 0.101 e. The second-order valence-electron chi connectivity index (χ2n) is 4.53. The third kappa shape index (κ3) is 2.68. The van der Waals surface area contributed by atoms with Crippen LogP contribution in [0, 0.1) is 13.8 Å². The fraction of sp³-hybridized carbons (Fsp3) is 0.462. The van der Waals surface area contributed by atoms with Crippen molar-refractivity contribution in [1.82, 2.24) is 9.78 Å². The molecule has 0 radical (unpaired) electrons. The van der Waals surface area contributed by atoms with E-state index in [9.17, 15) is 0 Å². The van der Waals surface area contributed by atoms with Gasteiger partial charge >= 0.3 is 0 Å². The third-order valence-corrected chi connectivity index (χ3v) is 4.76. The Hall–Kier alpha value is -0.650. The molecule has 2 N–H and O–H groups in total. The lowest BCUT2D eigenvalue weighted by molar-refractivity contribution is 0.421. The van der Waals surface area contributed by atoms with Gasteiger partial charge in [-0.15, -0.1) is 11.3 Å². The van der Waals surface area contributed by atoms with Gasteiger partial charge in [0.1, 0.15) is 6.04 Å². The standard InChI is InChI=1S/C13H18BrN3S/c1-4-10(15)13(11-5-6-12(14)18-11)17-9(3)7-8(2)16-17/h5-7,10,13H,4,15H2,1-3H3. The molecular formula is C13H18BrN3S. The van der Waals surface area contributed by atoms with Crippen LogP contribution in [0.4, 0.5) is 0 Å². The molecule has 0 aliphatic heterocycles. The van der Waals surface area contributed by atoms with E-state index in [1.807, 2.05) is 6.92 Å². The number of rotatable bonds is 4. The first-order chi connectivity index (χ1) is 8.52. The zero-order valence-electron chi connectivity index (χ0n) is 10.9. The van der Waals surface area contributed by atoms with Crippen LogP contribution in [-0.2, 0) is 0 Å². The first-order valence-electron chi connectivity index (χ1n) is 6.06. The molecule has 2 aromatic rings. The lowest BCUT2D eigenvalue weighted by Crippen LogP contribution is -2.33. The van der Waals surface area contributed by atoms with Gasteiger partial charge < -0.3 is 5.73 Å². The summed E-state index contributed by atoms with van der Waals surface area (Å²) in [6.45, 7) is 6.21. The van der Waals surface area contributed by atoms with Crippen molar-refractivity contribution in [2.75, 3.05) is 0 Å². The molecule has 2 unspecified atom stereocenters. The maximum Gasteiger partial charge on any atom is 0.101 e. The van der Waals surface area contributed by atoms with Gasteiger partial charge in [-0.05, 0) is 54.4 Å². The second kappa shape index (κ2) is 5.55. The Morgan fingerprint density at radius 1 is 1.44 bits per heavy atom. The highest BCUT2D eigenvalue weighted by molar-refractivity contribution is 9.11. The van der Waals surface area contributed by atoms with Gasteiger partial charge in [-0.25, -0.2) is 0 Å². The predicted molar refractivity (Wildman–Crippen MR) is 80.1 cm³/mol. The number of hydrogen-bond acceptors (Lipinski definition) is 3. The highest BCUT2D eigenvalue weighted by atomic mass is 79.9. The van der Waals surface area contributed by atoms with Crippen LogP contribution in [0.2, 0.25) is 0 Å². The predicted octanol–water partition coefficient (Wildman–Crippen LogP) is 3.65. The van der Waals surface area contributed by atoms with Crippen molar-refractivity contribution in [2.45, 2.75) is 39.3 Å². The summed E-state index contributed by atoms with van der Waals surface area (Å²) in [4.78, 5) is 1.25. The van der Waals surface area contributed by atoms with Crippen molar-refractivity contribution < 1.29 is 0 Å². The number of nitrogens with zero attached hydrogens (tertiary/aromatic N) is 2. The fourth-order valence-corrected chi connectivity index (χ4v) is 3.74. The number of thiophene rings is 1. The molecule has 2 atom stereocenters. The lowest BCUT2D eigenvalue weighted by Gasteiger charge is -2.23. The Morgan fingerprint density at radius 2 is 2.17 bits per heavy atom. The van der Waals surface area contributed by atoms with Gasteiger partial charge in [0.15, 0.2) is 0 Å². The minimum Gasteiger partial charge on any atom is -0.326 e. The molecule has 0 bridgehead atoms. The average molecular weight is 328 g/mol. The highest BCUT2D eigenvalue weighted by Crippen LogP contribution is 2.32. The van der Waals surface area contributed by atoms with Gasteiger partial charge in [-0.3, -0.25) is 4.68 Å². The van der Waals surface area contributed by atoms with E-state index in [1.54, 1.807) is 11.3 Å². The van der Waals surface area contributed by atoms with Crippen LogP contribution in [0.25, 0.3) is 0 Å². The molecule has 0 spiro atoms. The molecule has 0 aromatic carbocycles. The minimum atomic E-state index is 0.0774. The number of halogens is 1. The summed E-state index contributed by atoms with van der Waals surface area (Å²) < 4.78 is 3.19. The van der Waals surface area contributed by atoms with Crippen LogP contribution in [0.3, 0.4) is 0 Å². The molecule has 5 heteroatoms. The van der Waals surface area contributed by atoms with Gasteiger partial charge in [0.25, 0.3) is 0 Å². The van der Waals surface area contributed by atoms with E-state index in [2.05, 4.69) is 57.8 Å². The van der Waals surface area contributed by atoms with Crippen LogP contribution in [0.15, 0.2) is 22.0 Å². The molecule has 0 aliphatic carbocycles. The molecule has 0 saturated heterocycles. The van der Waals surface area contributed by atoms with E-state index >= 15 is 0 Å². The summed E-state index contributed by atoms with van der Waals surface area (Å²) in [6, 6.07) is 6.50. The van der Waals surface area contributed by atoms with Crippen molar-refractivity contribution in [1.29, 1.82) is 0 Å². The summed E-state index contributed by atoms with van der Waals surface area (Å²) in [5, 5.41) is 4.59.